The Bertz CT molecular complexity index is 925. The number of benzene rings is 2. The molecule has 28 heavy (non-hydrogen) atoms. The number of ether oxygens (including phenoxy) is 1. The normalized spacial score (nSPS) is 11.6. The number of nitrogens with one attached hydrogen (secondary N) is 1. The van der Waals surface area contributed by atoms with Crippen LogP contribution in [0.15, 0.2) is 54.2 Å². The van der Waals surface area contributed by atoms with Crippen molar-refractivity contribution in [1.82, 2.24) is 5.32 Å². The van der Waals surface area contributed by atoms with Crippen LogP contribution >= 0.6 is 0 Å². The quantitative estimate of drug-likeness (QED) is 0.367. The van der Waals surface area contributed by atoms with Gasteiger partial charge in [0.2, 0.25) is 0 Å². The number of carbonyl (C=O) groups excluding carboxylic acids is 2. The number of rotatable bonds is 5. The molecule has 0 fully saturated rings. The number of hydrogen-bond donors (Lipinski definition) is 1. The van der Waals surface area contributed by atoms with Crippen molar-refractivity contribution in [2.75, 3.05) is 7.11 Å². The summed E-state index contributed by atoms with van der Waals surface area (Å²) in [6, 6.07) is 12.8. The Labute approximate surface area is 163 Å². The van der Waals surface area contributed by atoms with Crippen LogP contribution in [-0.2, 0) is 14.9 Å². The number of nitro groups is 1. The molecule has 0 saturated heterocycles. The van der Waals surface area contributed by atoms with E-state index in [1.807, 2.05) is 12.1 Å². The van der Waals surface area contributed by atoms with Gasteiger partial charge in [0, 0.05) is 17.7 Å². The second-order valence-corrected chi connectivity index (χ2v) is 7.18. The molecule has 1 amide bonds. The van der Waals surface area contributed by atoms with Gasteiger partial charge in [-0.1, -0.05) is 45.0 Å². The number of methoxy groups -OCH3 is 1. The fraction of sp³-hybridized carbons (Fsp3) is 0.238. The maximum absolute atomic E-state index is 12.5. The van der Waals surface area contributed by atoms with E-state index >= 15 is 0 Å². The largest absolute Gasteiger partial charge is 0.464 e. The third kappa shape index (κ3) is 5.26. The highest BCUT2D eigenvalue weighted by atomic mass is 16.6. The number of hydrogen-bond acceptors (Lipinski definition) is 5. The molecule has 7 nitrogen and oxygen atoms in total. The molecule has 0 saturated carbocycles. The fourth-order valence-corrected chi connectivity index (χ4v) is 2.47. The molecule has 0 unspecified atom stereocenters. The molecule has 2 aromatic carbocycles. The van der Waals surface area contributed by atoms with Crippen LogP contribution in [0.1, 0.15) is 42.3 Å². The minimum absolute atomic E-state index is 0.0475. The Morgan fingerprint density at radius 2 is 1.75 bits per heavy atom. The van der Waals surface area contributed by atoms with Crippen molar-refractivity contribution >= 4 is 23.6 Å². The molecule has 1 N–H and O–H groups in total. The second kappa shape index (κ2) is 8.47. The Morgan fingerprint density at radius 3 is 2.29 bits per heavy atom. The van der Waals surface area contributed by atoms with Crippen LogP contribution in [0, 0.1) is 10.1 Å². The predicted molar refractivity (Wildman–Crippen MR) is 106 cm³/mol. The molecule has 2 aromatic rings. The third-order valence-corrected chi connectivity index (χ3v) is 4.06. The number of amides is 1. The highest BCUT2D eigenvalue weighted by Gasteiger charge is 2.17. The summed E-state index contributed by atoms with van der Waals surface area (Å²) in [4.78, 5) is 35.0. The highest BCUT2D eigenvalue weighted by Crippen LogP contribution is 2.22. The maximum atomic E-state index is 12.5. The zero-order valence-electron chi connectivity index (χ0n) is 16.2. The fourth-order valence-electron chi connectivity index (χ4n) is 2.47. The summed E-state index contributed by atoms with van der Waals surface area (Å²) in [6.45, 7) is 6.21. The molecular formula is C21H22N2O5. The highest BCUT2D eigenvalue weighted by molar-refractivity contribution is 6.03. The minimum atomic E-state index is -0.758. The molecule has 0 aliphatic rings. The van der Waals surface area contributed by atoms with E-state index in [-0.39, 0.29) is 16.8 Å². The van der Waals surface area contributed by atoms with Crippen LogP contribution in [0.2, 0.25) is 0 Å². The Morgan fingerprint density at radius 1 is 1.11 bits per heavy atom. The zero-order valence-corrected chi connectivity index (χ0v) is 16.2. The summed E-state index contributed by atoms with van der Waals surface area (Å²) in [7, 11) is 1.19. The first-order valence-electron chi connectivity index (χ1n) is 8.58. The SMILES string of the molecule is COC(=O)/C(=C\c1cccc([N+](=O)[O-])c1)NC(=O)c1ccc(C(C)(C)C)cc1. The molecule has 0 atom stereocenters. The van der Waals surface area contributed by atoms with Gasteiger partial charge < -0.3 is 10.1 Å². The lowest BCUT2D eigenvalue weighted by molar-refractivity contribution is -0.384. The summed E-state index contributed by atoms with van der Waals surface area (Å²) in [6.07, 6.45) is 1.33. The van der Waals surface area contributed by atoms with Gasteiger partial charge in [-0.05, 0) is 34.8 Å². The van der Waals surface area contributed by atoms with Crippen LogP contribution < -0.4 is 5.32 Å². The minimum Gasteiger partial charge on any atom is -0.464 e. The van der Waals surface area contributed by atoms with Crippen LogP contribution in [0.3, 0.4) is 0 Å². The summed E-state index contributed by atoms with van der Waals surface area (Å²) in [5, 5.41) is 13.4. The van der Waals surface area contributed by atoms with E-state index in [9.17, 15) is 19.7 Å². The summed E-state index contributed by atoms with van der Waals surface area (Å²) in [5.74, 6) is -1.24. The topological polar surface area (TPSA) is 98.5 Å². The van der Waals surface area contributed by atoms with Gasteiger partial charge in [-0.3, -0.25) is 14.9 Å². The Kier molecular flexibility index (Phi) is 6.30. The Hall–Kier alpha value is -3.48. The number of esters is 1. The van der Waals surface area contributed by atoms with Crippen LogP contribution in [0.4, 0.5) is 5.69 Å². The van der Waals surface area contributed by atoms with E-state index in [4.69, 9.17) is 4.74 Å². The number of nitrogens with zero attached hydrogens (tertiary/aromatic N) is 1. The van der Waals surface area contributed by atoms with Gasteiger partial charge in [-0.25, -0.2) is 4.79 Å². The van der Waals surface area contributed by atoms with Crippen molar-refractivity contribution in [2.45, 2.75) is 26.2 Å². The van der Waals surface area contributed by atoms with E-state index in [1.165, 1.54) is 31.4 Å². The second-order valence-electron chi connectivity index (χ2n) is 7.18. The molecule has 146 valence electrons. The van der Waals surface area contributed by atoms with Crippen molar-refractivity contribution in [3.8, 4) is 0 Å². The molecule has 0 spiro atoms. The van der Waals surface area contributed by atoms with Crippen molar-refractivity contribution < 1.29 is 19.2 Å². The maximum Gasteiger partial charge on any atom is 0.354 e. The smallest absolute Gasteiger partial charge is 0.354 e. The van der Waals surface area contributed by atoms with Gasteiger partial charge in [-0.15, -0.1) is 0 Å². The number of nitro benzene ring substituents is 1. The monoisotopic (exact) mass is 382 g/mol. The molecule has 7 heteroatoms. The van der Waals surface area contributed by atoms with Crippen LogP contribution in [0.25, 0.3) is 6.08 Å². The average molecular weight is 382 g/mol. The van der Waals surface area contributed by atoms with Crippen molar-refractivity contribution in [1.29, 1.82) is 0 Å². The lowest BCUT2D eigenvalue weighted by Crippen LogP contribution is -2.28. The van der Waals surface area contributed by atoms with Gasteiger partial charge in [0.05, 0.1) is 12.0 Å². The zero-order chi connectivity index (χ0) is 20.9. The summed E-state index contributed by atoms with van der Waals surface area (Å²) < 4.78 is 4.71. The van der Waals surface area contributed by atoms with Crippen LogP contribution in [-0.4, -0.2) is 23.9 Å². The van der Waals surface area contributed by atoms with Gasteiger partial charge >= 0.3 is 5.97 Å². The summed E-state index contributed by atoms with van der Waals surface area (Å²) >= 11 is 0. The van der Waals surface area contributed by atoms with E-state index in [1.54, 1.807) is 18.2 Å². The van der Waals surface area contributed by atoms with E-state index < -0.39 is 16.8 Å². The molecule has 2 rings (SSSR count). The van der Waals surface area contributed by atoms with Gasteiger partial charge in [-0.2, -0.15) is 0 Å². The van der Waals surface area contributed by atoms with Gasteiger partial charge in [0.25, 0.3) is 11.6 Å². The first-order valence-corrected chi connectivity index (χ1v) is 8.58. The molecule has 0 aliphatic heterocycles. The molecule has 0 aliphatic carbocycles. The number of non-ortho nitro benzene ring substituents is 1. The first kappa shape index (κ1) is 20.8. The van der Waals surface area contributed by atoms with Crippen molar-refractivity contribution in [2.24, 2.45) is 0 Å². The van der Waals surface area contributed by atoms with Crippen molar-refractivity contribution in [3.05, 3.63) is 81.0 Å². The lowest BCUT2D eigenvalue weighted by atomic mass is 9.87. The summed E-state index contributed by atoms with van der Waals surface area (Å²) in [5.41, 5.74) is 1.55. The molecular weight excluding hydrogens is 360 g/mol. The molecule has 0 bridgehead atoms. The average Bonchev–Trinajstić information content (AvgIpc) is 2.66. The van der Waals surface area contributed by atoms with E-state index in [0.717, 1.165) is 5.56 Å². The van der Waals surface area contributed by atoms with E-state index in [0.29, 0.717) is 11.1 Å². The lowest BCUT2D eigenvalue weighted by Gasteiger charge is -2.19. The van der Waals surface area contributed by atoms with Gasteiger partial charge in [0.1, 0.15) is 5.70 Å². The van der Waals surface area contributed by atoms with Crippen molar-refractivity contribution in [3.63, 3.8) is 0 Å². The predicted octanol–water partition coefficient (Wildman–Crippen LogP) is 3.84. The van der Waals surface area contributed by atoms with Gasteiger partial charge in [0.15, 0.2) is 0 Å². The molecule has 0 aromatic heterocycles. The first-order chi connectivity index (χ1) is 13.1. The van der Waals surface area contributed by atoms with Crippen LogP contribution in [0.5, 0.6) is 0 Å². The number of carbonyl (C=O) groups is 2. The standard InChI is InChI=1S/C21H22N2O5/c1-21(2,3)16-10-8-15(9-11-16)19(24)22-18(20(25)28-4)13-14-6-5-7-17(12-14)23(26)27/h5-13H,1-4H3,(H,22,24)/b18-13+. The van der Waals surface area contributed by atoms with E-state index in [2.05, 4.69) is 26.1 Å². The third-order valence-electron chi connectivity index (χ3n) is 4.06. The Balaban J connectivity index is 2.29. The molecule has 0 heterocycles. The molecule has 0 radical (unpaired) electrons.